The summed E-state index contributed by atoms with van der Waals surface area (Å²) in [4.78, 5) is 17.0. The number of hydrogen-bond donors (Lipinski definition) is 1. The van der Waals surface area contributed by atoms with Crippen LogP contribution in [0.5, 0.6) is 0 Å². The van der Waals surface area contributed by atoms with Crippen molar-refractivity contribution in [3.63, 3.8) is 0 Å². The molecule has 0 spiro atoms. The SMILES string of the molecule is Cc1ccc(C(=O)Nc2ccc3nc(-c4ccccc4Cl)oc3c2)cc1C. The Morgan fingerprint density at radius 2 is 1.81 bits per heavy atom. The van der Waals surface area contributed by atoms with E-state index in [0.717, 1.165) is 16.7 Å². The quantitative estimate of drug-likeness (QED) is 0.475. The van der Waals surface area contributed by atoms with Crippen LogP contribution in [-0.2, 0) is 0 Å². The van der Waals surface area contributed by atoms with Crippen LogP contribution in [-0.4, -0.2) is 10.9 Å². The first-order valence-corrected chi connectivity index (χ1v) is 8.93. The molecule has 4 rings (SSSR count). The Morgan fingerprint density at radius 1 is 1.00 bits per heavy atom. The molecule has 4 aromatic rings. The predicted molar refractivity (Wildman–Crippen MR) is 108 cm³/mol. The van der Waals surface area contributed by atoms with E-state index in [1.54, 1.807) is 18.2 Å². The first-order valence-electron chi connectivity index (χ1n) is 8.55. The van der Waals surface area contributed by atoms with Gasteiger partial charge in [0.05, 0.1) is 10.6 Å². The summed E-state index contributed by atoms with van der Waals surface area (Å²) in [6, 6.07) is 18.4. The van der Waals surface area contributed by atoms with E-state index < -0.39 is 0 Å². The average molecular weight is 377 g/mol. The summed E-state index contributed by atoms with van der Waals surface area (Å²) < 4.78 is 5.85. The van der Waals surface area contributed by atoms with Gasteiger partial charge >= 0.3 is 0 Å². The third-order valence-electron chi connectivity index (χ3n) is 4.52. The number of amides is 1. The van der Waals surface area contributed by atoms with Crippen molar-refractivity contribution in [1.82, 2.24) is 4.98 Å². The van der Waals surface area contributed by atoms with E-state index in [2.05, 4.69) is 10.3 Å². The number of oxazole rings is 1. The minimum atomic E-state index is -0.164. The predicted octanol–water partition coefficient (Wildman–Crippen LogP) is 6.02. The topological polar surface area (TPSA) is 55.1 Å². The van der Waals surface area contributed by atoms with E-state index in [1.807, 2.05) is 56.3 Å². The van der Waals surface area contributed by atoms with E-state index >= 15 is 0 Å². The lowest BCUT2D eigenvalue weighted by Gasteiger charge is -2.07. The molecule has 0 aliphatic rings. The van der Waals surface area contributed by atoms with Crippen molar-refractivity contribution in [3.8, 4) is 11.5 Å². The van der Waals surface area contributed by atoms with Crippen LogP contribution in [0.1, 0.15) is 21.5 Å². The molecule has 1 N–H and O–H groups in total. The number of hydrogen-bond acceptors (Lipinski definition) is 3. The highest BCUT2D eigenvalue weighted by Crippen LogP contribution is 2.30. The molecule has 3 aromatic carbocycles. The molecule has 27 heavy (non-hydrogen) atoms. The molecule has 5 heteroatoms. The summed E-state index contributed by atoms with van der Waals surface area (Å²) in [6.07, 6.45) is 0. The van der Waals surface area contributed by atoms with E-state index in [1.165, 1.54) is 0 Å². The monoisotopic (exact) mass is 376 g/mol. The molecule has 0 saturated heterocycles. The van der Waals surface area contributed by atoms with Crippen LogP contribution in [0.4, 0.5) is 5.69 Å². The van der Waals surface area contributed by atoms with Gasteiger partial charge in [-0.1, -0.05) is 29.8 Å². The fraction of sp³-hybridized carbons (Fsp3) is 0.0909. The number of halogens is 1. The summed E-state index contributed by atoms with van der Waals surface area (Å²) in [7, 11) is 0. The molecular weight excluding hydrogens is 360 g/mol. The van der Waals surface area contributed by atoms with Crippen molar-refractivity contribution in [2.45, 2.75) is 13.8 Å². The van der Waals surface area contributed by atoms with Crippen LogP contribution >= 0.6 is 11.6 Å². The Balaban J connectivity index is 1.62. The maximum atomic E-state index is 12.5. The number of rotatable bonds is 3. The van der Waals surface area contributed by atoms with Crippen molar-refractivity contribution < 1.29 is 9.21 Å². The molecule has 0 bridgehead atoms. The van der Waals surface area contributed by atoms with Crippen molar-refractivity contribution in [2.24, 2.45) is 0 Å². The normalized spacial score (nSPS) is 10.9. The molecule has 1 heterocycles. The van der Waals surface area contributed by atoms with Gasteiger partial charge in [-0.05, 0) is 61.4 Å². The van der Waals surface area contributed by atoms with Crippen molar-refractivity contribution in [1.29, 1.82) is 0 Å². The lowest BCUT2D eigenvalue weighted by Crippen LogP contribution is -2.12. The Bertz CT molecular complexity index is 1160. The number of benzene rings is 3. The van der Waals surface area contributed by atoms with Gasteiger partial charge in [-0.15, -0.1) is 0 Å². The highest BCUT2D eigenvalue weighted by molar-refractivity contribution is 6.33. The first kappa shape index (κ1) is 17.3. The average Bonchev–Trinajstić information content (AvgIpc) is 3.07. The summed E-state index contributed by atoms with van der Waals surface area (Å²) >= 11 is 6.22. The summed E-state index contributed by atoms with van der Waals surface area (Å²) in [5, 5.41) is 3.48. The fourth-order valence-electron chi connectivity index (χ4n) is 2.84. The molecule has 1 amide bonds. The molecule has 1 aromatic heterocycles. The van der Waals surface area contributed by atoms with Gasteiger partial charge in [0.1, 0.15) is 5.52 Å². The molecule has 0 radical (unpaired) electrons. The van der Waals surface area contributed by atoms with E-state index in [-0.39, 0.29) is 5.91 Å². The Morgan fingerprint density at radius 3 is 2.59 bits per heavy atom. The van der Waals surface area contributed by atoms with Gasteiger partial charge in [0, 0.05) is 17.3 Å². The maximum absolute atomic E-state index is 12.5. The zero-order valence-corrected chi connectivity index (χ0v) is 15.7. The number of aromatic nitrogens is 1. The second-order valence-corrected chi connectivity index (χ2v) is 6.84. The number of nitrogens with zero attached hydrogens (tertiary/aromatic N) is 1. The summed E-state index contributed by atoms with van der Waals surface area (Å²) in [6.45, 7) is 4.01. The highest BCUT2D eigenvalue weighted by Gasteiger charge is 2.13. The lowest BCUT2D eigenvalue weighted by atomic mass is 10.1. The number of anilines is 1. The molecule has 0 aliphatic carbocycles. The van der Waals surface area contributed by atoms with Crippen LogP contribution < -0.4 is 5.32 Å². The molecule has 134 valence electrons. The fourth-order valence-corrected chi connectivity index (χ4v) is 3.05. The first-order chi connectivity index (χ1) is 13.0. The minimum Gasteiger partial charge on any atom is -0.436 e. The van der Waals surface area contributed by atoms with E-state index in [9.17, 15) is 4.79 Å². The lowest BCUT2D eigenvalue weighted by molar-refractivity contribution is 0.102. The van der Waals surface area contributed by atoms with Gasteiger partial charge in [0.15, 0.2) is 5.58 Å². The summed E-state index contributed by atoms with van der Waals surface area (Å²) in [5.41, 5.74) is 5.52. The third-order valence-corrected chi connectivity index (χ3v) is 4.85. The smallest absolute Gasteiger partial charge is 0.255 e. The Labute approximate surface area is 161 Å². The van der Waals surface area contributed by atoms with Crippen LogP contribution in [0.3, 0.4) is 0 Å². The third kappa shape index (κ3) is 3.44. The molecule has 0 unspecified atom stereocenters. The highest BCUT2D eigenvalue weighted by atomic mass is 35.5. The largest absolute Gasteiger partial charge is 0.436 e. The second-order valence-electron chi connectivity index (χ2n) is 6.43. The maximum Gasteiger partial charge on any atom is 0.255 e. The molecular formula is C22H17ClN2O2. The van der Waals surface area contributed by atoms with Crippen LogP contribution in [0.15, 0.2) is 65.1 Å². The van der Waals surface area contributed by atoms with Crippen molar-refractivity contribution in [3.05, 3.63) is 82.4 Å². The van der Waals surface area contributed by atoms with Gasteiger partial charge in [-0.3, -0.25) is 4.79 Å². The number of carbonyl (C=O) groups is 1. The van der Waals surface area contributed by atoms with Gasteiger partial charge in [-0.2, -0.15) is 0 Å². The minimum absolute atomic E-state index is 0.164. The molecule has 0 fully saturated rings. The van der Waals surface area contributed by atoms with Gasteiger partial charge < -0.3 is 9.73 Å². The van der Waals surface area contributed by atoms with E-state index in [4.69, 9.17) is 16.0 Å². The van der Waals surface area contributed by atoms with Crippen LogP contribution in [0.2, 0.25) is 5.02 Å². The zero-order chi connectivity index (χ0) is 19.0. The Kier molecular flexibility index (Phi) is 4.42. The van der Waals surface area contributed by atoms with Gasteiger partial charge in [-0.25, -0.2) is 4.98 Å². The number of nitrogens with one attached hydrogen (secondary N) is 1. The van der Waals surface area contributed by atoms with Crippen LogP contribution in [0, 0.1) is 13.8 Å². The van der Waals surface area contributed by atoms with Crippen molar-refractivity contribution >= 4 is 34.3 Å². The van der Waals surface area contributed by atoms with Gasteiger partial charge in [0.25, 0.3) is 5.91 Å². The molecule has 0 atom stereocenters. The molecule has 4 nitrogen and oxygen atoms in total. The second kappa shape index (κ2) is 6.89. The zero-order valence-electron chi connectivity index (χ0n) is 14.9. The standard InChI is InChI=1S/C22H17ClN2O2/c1-13-7-8-15(11-14(13)2)21(26)24-16-9-10-19-20(12-16)27-22(25-19)17-5-3-4-6-18(17)23/h3-12H,1-2H3,(H,24,26). The van der Waals surface area contributed by atoms with E-state index in [0.29, 0.717) is 33.3 Å². The van der Waals surface area contributed by atoms with Crippen LogP contribution in [0.25, 0.3) is 22.6 Å². The van der Waals surface area contributed by atoms with Crippen molar-refractivity contribution in [2.75, 3.05) is 5.32 Å². The number of aryl methyl sites for hydroxylation is 2. The summed E-state index contributed by atoms with van der Waals surface area (Å²) in [5.74, 6) is 0.288. The molecule has 0 aliphatic heterocycles. The number of carbonyl (C=O) groups excluding carboxylic acids is 1. The van der Waals surface area contributed by atoms with Gasteiger partial charge in [0.2, 0.25) is 5.89 Å². The molecule has 0 saturated carbocycles. The number of fused-ring (bicyclic) bond motifs is 1. The Hall–Kier alpha value is -3.11.